The summed E-state index contributed by atoms with van der Waals surface area (Å²) in [5.41, 5.74) is 1.56. The maximum Gasteiger partial charge on any atom is 0.320 e. The summed E-state index contributed by atoms with van der Waals surface area (Å²) >= 11 is 0. The quantitative estimate of drug-likeness (QED) is 0.147. The molecule has 0 bridgehead atoms. The van der Waals surface area contributed by atoms with Crippen molar-refractivity contribution in [2.45, 2.75) is 25.7 Å². The second-order valence-electron chi connectivity index (χ2n) is 8.30. The maximum absolute atomic E-state index is 11.8. The van der Waals surface area contributed by atoms with Gasteiger partial charge in [-0.05, 0) is 61.1 Å². The number of carbonyl (C=O) groups is 4. The van der Waals surface area contributed by atoms with Crippen LogP contribution in [0.25, 0.3) is 0 Å². The Kier molecular flexibility index (Phi) is 12.6. The van der Waals surface area contributed by atoms with Crippen LogP contribution in [0.3, 0.4) is 0 Å². The molecule has 0 heterocycles. The molecule has 206 valence electrons. The summed E-state index contributed by atoms with van der Waals surface area (Å²) in [7, 11) is 4.92. The Bertz CT molecular complexity index is 929. The van der Waals surface area contributed by atoms with Gasteiger partial charge in [-0.1, -0.05) is 24.3 Å². The van der Waals surface area contributed by atoms with Gasteiger partial charge in [-0.15, -0.1) is 0 Å². The minimum absolute atomic E-state index is 0.176. The Morgan fingerprint density at radius 1 is 0.526 bits per heavy atom. The van der Waals surface area contributed by atoms with E-state index in [4.69, 9.17) is 9.47 Å². The zero-order valence-corrected chi connectivity index (χ0v) is 22.1. The third-order valence-corrected chi connectivity index (χ3v) is 5.75. The highest BCUT2D eigenvalue weighted by Crippen LogP contribution is 2.19. The van der Waals surface area contributed by atoms with Gasteiger partial charge in [0.05, 0.1) is 41.7 Å². The predicted octanol–water partition coefficient (Wildman–Crippen LogP) is 2.93. The molecule has 0 aliphatic heterocycles. The van der Waals surface area contributed by atoms with E-state index in [1.54, 1.807) is 48.5 Å². The number of hydrogen-bond acceptors (Lipinski definition) is 10. The van der Waals surface area contributed by atoms with Gasteiger partial charge in [0.2, 0.25) is 0 Å². The number of hydrogen-bond donors (Lipinski definition) is 0. The summed E-state index contributed by atoms with van der Waals surface area (Å²) in [6.07, 6.45) is 1.89. The Hall–Kier alpha value is -4.08. The maximum atomic E-state index is 11.8. The average Bonchev–Trinajstić information content (AvgIpc) is 2.96. The van der Waals surface area contributed by atoms with Crippen LogP contribution in [0.2, 0.25) is 0 Å². The summed E-state index contributed by atoms with van der Waals surface area (Å²) in [4.78, 5) is 47.3. The molecule has 0 atom stereocenters. The van der Waals surface area contributed by atoms with E-state index in [1.165, 1.54) is 28.4 Å². The minimum Gasteiger partial charge on any atom is -0.494 e. The summed E-state index contributed by atoms with van der Waals surface area (Å²) in [5, 5.41) is 0. The molecule has 0 saturated carbocycles. The molecule has 0 aromatic heterocycles. The van der Waals surface area contributed by atoms with Crippen LogP contribution in [0.1, 0.15) is 24.0 Å². The van der Waals surface area contributed by atoms with Crippen LogP contribution in [0.5, 0.6) is 11.5 Å². The van der Waals surface area contributed by atoms with Gasteiger partial charge in [0.25, 0.3) is 0 Å². The first-order valence-corrected chi connectivity index (χ1v) is 12.1. The largest absolute Gasteiger partial charge is 0.494 e. The first kappa shape index (κ1) is 30.1. The van der Waals surface area contributed by atoms with E-state index in [1.807, 2.05) is 0 Å². The smallest absolute Gasteiger partial charge is 0.320 e. The molecule has 2 aromatic carbocycles. The third-order valence-electron chi connectivity index (χ3n) is 5.75. The number of unbranched alkanes of at least 4 members (excludes halogenated alkanes) is 1. The highest BCUT2D eigenvalue weighted by molar-refractivity contribution is 5.95. The Morgan fingerprint density at radius 2 is 0.816 bits per heavy atom. The highest BCUT2D eigenvalue weighted by atomic mass is 16.6. The van der Waals surface area contributed by atoms with Gasteiger partial charge in [0.15, 0.2) is 11.8 Å². The van der Waals surface area contributed by atoms with Gasteiger partial charge in [0, 0.05) is 0 Å². The van der Waals surface area contributed by atoms with Crippen LogP contribution in [0, 0.1) is 11.8 Å². The van der Waals surface area contributed by atoms with Crippen molar-refractivity contribution in [1.29, 1.82) is 0 Å². The van der Waals surface area contributed by atoms with E-state index in [9.17, 15) is 19.2 Å². The molecule has 2 rings (SSSR count). The fraction of sp³-hybridized carbons (Fsp3) is 0.429. The number of ether oxygens (including phenoxy) is 6. The number of methoxy groups -OCH3 is 4. The number of benzene rings is 2. The van der Waals surface area contributed by atoms with Gasteiger partial charge in [-0.2, -0.15) is 0 Å². The van der Waals surface area contributed by atoms with Crippen LogP contribution in [0.15, 0.2) is 48.5 Å². The van der Waals surface area contributed by atoms with Gasteiger partial charge in [0.1, 0.15) is 11.5 Å². The highest BCUT2D eigenvalue weighted by Gasteiger charge is 2.29. The molecule has 0 unspecified atom stereocenters. The van der Waals surface area contributed by atoms with Gasteiger partial charge in [-0.25, -0.2) is 0 Å². The lowest BCUT2D eigenvalue weighted by Gasteiger charge is -2.13. The molecule has 0 amide bonds. The first-order chi connectivity index (χ1) is 18.3. The molecule has 0 spiro atoms. The molecule has 0 N–H and O–H groups in total. The monoisotopic (exact) mass is 530 g/mol. The first-order valence-electron chi connectivity index (χ1n) is 12.1. The average molecular weight is 531 g/mol. The van der Waals surface area contributed by atoms with Crippen molar-refractivity contribution < 1.29 is 47.6 Å². The fourth-order valence-corrected chi connectivity index (χ4v) is 3.59. The molecule has 0 saturated heterocycles. The van der Waals surface area contributed by atoms with Crippen LogP contribution in [-0.2, 0) is 51.0 Å². The van der Waals surface area contributed by atoms with E-state index in [2.05, 4.69) is 18.9 Å². The van der Waals surface area contributed by atoms with Crippen molar-refractivity contribution in [3.63, 3.8) is 0 Å². The second-order valence-corrected chi connectivity index (χ2v) is 8.30. The van der Waals surface area contributed by atoms with Crippen molar-refractivity contribution >= 4 is 23.9 Å². The lowest BCUT2D eigenvalue weighted by Crippen LogP contribution is -2.28. The molecule has 10 nitrogen and oxygen atoms in total. The van der Waals surface area contributed by atoms with Gasteiger partial charge in [-0.3, -0.25) is 19.2 Å². The second kappa shape index (κ2) is 15.9. The normalized spacial score (nSPS) is 10.6. The number of rotatable bonds is 15. The van der Waals surface area contributed by atoms with E-state index in [-0.39, 0.29) is 12.8 Å². The van der Waals surface area contributed by atoms with Gasteiger partial charge < -0.3 is 28.4 Å². The number of carbonyl (C=O) groups excluding carboxylic acids is 4. The SMILES string of the molecule is COC(=O)C(Cc1ccc(OCCCCOc2ccc(CC(C(=O)OC)C(=O)OC)cc2)cc1)C(=O)OC. The zero-order valence-electron chi connectivity index (χ0n) is 22.1. The summed E-state index contributed by atoms with van der Waals surface area (Å²) in [6.45, 7) is 0.994. The van der Waals surface area contributed by atoms with Crippen molar-refractivity contribution in [2.24, 2.45) is 11.8 Å². The molecule has 2 aromatic rings. The third kappa shape index (κ3) is 9.42. The minimum atomic E-state index is -1.01. The van der Waals surface area contributed by atoms with Crippen molar-refractivity contribution in [1.82, 2.24) is 0 Å². The molecular formula is C28H34O10. The molecule has 0 fully saturated rings. The standard InChI is InChI=1S/C28H34O10/c1-33-25(29)23(26(30)34-2)17-19-7-11-21(12-8-19)37-15-5-6-16-38-22-13-9-20(10-14-22)18-24(27(31)35-3)28(32)36-4/h7-14,23-24H,5-6,15-18H2,1-4H3. The van der Waals surface area contributed by atoms with E-state index < -0.39 is 35.7 Å². The zero-order chi connectivity index (χ0) is 27.9. The number of esters is 4. The lowest BCUT2D eigenvalue weighted by molar-refractivity contribution is -0.160. The molecule has 38 heavy (non-hydrogen) atoms. The van der Waals surface area contributed by atoms with Crippen LogP contribution in [-0.4, -0.2) is 65.5 Å². The Balaban J connectivity index is 1.72. The molecule has 0 aliphatic carbocycles. The topological polar surface area (TPSA) is 124 Å². The summed E-state index contributed by atoms with van der Waals surface area (Å²) < 4.78 is 30.2. The summed E-state index contributed by atoms with van der Waals surface area (Å²) in [6, 6.07) is 14.3. The molecule has 0 aliphatic rings. The van der Waals surface area contributed by atoms with Crippen molar-refractivity contribution in [3.8, 4) is 11.5 Å². The summed E-state index contributed by atoms with van der Waals surface area (Å²) in [5.74, 6) is -3.22. The molecular weight excluding hydrogens is 496 g/mol. The van der Waals surface area contributed by atoms with Crippen LogP contribution >= 0.6 is 0 Å². The Labute approximate surface area is 222 Å². The van der Waals surface area contributed by atoms with E-state index in [0.717, 1.165) is 24.0 Å². The lowest BCUT2D eigenvalue weighted by atomic mass is 9.99. The van der Waals surface area contributed by atoms with Crippen molar-refractivity contribution in [3.05, 3.63) is 59.7 Å². The van der Waals surface area contributed by atoms with E-state index in [0.29, 0.717) is 24.7 Å². The molecule has 0 radical (unpaired) electrons. The molecule has 10 heteroatoms. The van der Waals surface area contributed by atoms with Crippen LogP contribution < -0.4 is 9.47 Å². The van der Waals surface area contributed by atoms with Gasteiger partial charge >= 0.3 is 23.9 Å². The van der Waals surface area contributed by atoms with Crippen molar-refractivity contribution in [2.75, 3.05) is 41.7 Å². The Morgan fingerprint density at radius 3 is 1.08 bits per heavy atom. The fourth-order valence-electron chi connectivity index (χ4n) is 3.59. The predicted molar refractivity (Wildman–Crippen MR) is 136 cm³/mol. The van der Waals surface area contributed by atoms with Crippen LogP contribution in [0.4, 0.5) is 0 Å². The van der Waals surface area contributed by atoms with E-state index >= 15 is 0 Å².